The predicted octanol–water partition coefficient (Wildman–Crippen LogP) is 3.26. The van der Waals surface area contributed by atoms with E-state index in [1.807, 2.05) is 0 Å². The highest BCUT2D eigenvalue weighted by molar-refractivity contribution is 6.35. The fourth-order valence-corrected chi connectivity index (χ4v) is 3.60. The molecule has 12 heteroatoms. The van der Waals surface area contributed by atoms with E-state index in [9.17, 15) is 9.18 Å². The number of nitrogen functional groups attached to an aromatic ring is 1. The summed E-state index contributed by atoms with van der Waals surface area (Å²) < 4.78 is 21.1. The Balaban J connectivity index is 1.74. The van der Waals surface area contributed by atoms with Gasteiger partial charge in [0.2, 0.25) is 5.71 Å². The predicted molar refractivity (Wildman–Crippen MR) is 116 cm³/mol. The van der Waals surface area contributed by atoms with Gasteiger partial charge in [-0.2, -0.15) is 0 Å². The lowest BCUT2D eigenvalue weighted by atomic mass is 10.2. The van der Waals surface area contributed by atoms with Crippen LogP contribution in [0, 0.1) is 5.82 Å². The molecule has 0 aliphatic rings. The molecule has 0 spiro atoms. The molecule has 10 nitrogen and oxygen atoms in total. The van der Waals surface area contributed by atoms with E-state index in [-0.39, 0.29) is 33.4 Å². The van der Waals surface area contributed by atoms with Gasteiger partial charge in [-0.05, 0) is 25.1 Å². The number of anilines is 2. The number of nitrogens with zero attached hydrogens (tertiary/aromatic N) is 6. The minimum absolute atomic E-state index is 0.0686. The average Bonchev–Trinajstić information content (AvgIpc) is 3.27. The Labute approximate surface area is 183 Å². The third-order valence-corrected chi connectivity index (χ3v) is 5.15. The van der Waals surface area contributed by atoms with E-state index in [1.54, 1.807) is 13.0 Å². The Morgan fingerprint density at radius 2 is 2.03 bits per heavy atom. The quantitative estimate of drug-likeness (QED) is 0.420. The maximum atomic E-state index is 14.6. The first-order valence-corrected chi connectivity index (χ1v) is 9.75. The van der Waals surface area contributed by atoms with Crippen LogP contribution in [0.25, 0.3) is 27.8 Å². The van der Waals surface area contributed by atoms with Gasteiger partial charge >= 0.3 is 0 Å². The molecule has 1 atom stereocenters. The smallest absolute Gasteiger partial charge is 0.268 e. The van der Waals surface area contributed by atoms with Gasteiger partial charge in [0.15, 0.2) is 5.82 Å². The molecule has 0 amide bonds. The fourth-order valence-electron chi connectivity index (χ4n) is 3.37. The van der Waals surface area contributed by atoms with Gasteiger partial charge in [0.25, 0.3) is 5.56 Å². The second kappa shape index (κ2) is 7.54. The molecule has 5 rings (SSSR count). The summed E-state index contributed by atoms with van der Waals surface area (Å²) in [6.45, 7) is 1.74. The van der Waals surface area contributed by atoms with Crippen molar-refractivity contribution in [2.45, 2.75) is 13.0 Å². The van der Waals surface area contributed by atoms with Gasteiger partial charge in [0.1, 0.15) is 35.1 Å². The molecule has 1 aromatic carbocycles. The molecule has 0 radical (unpaired) electrons. The fraction of sp³-hybridized carbons (Fsp3) is 0.100. The Kier molecular flexibility index (Phi) is 4.67. The summed E-state index contributed by atoms with van der Waals surface area (Å²) in [5.74, 6) is 0.268. The number of hydrogen-bond donors (Lipinski definition) is 2. The van der Waals surface area contributed by atoms with Gasteiger partial charge in [-0.25, -0.2) is 33.9 Å². The number of nitrogens with two attached hydrogens (primary N) is 1. The lowest BCUT2D eigenvalue weighted by Gasteiger charge is -2.20. The number of furan rings is 1. The molecule has 1 unspecified atom stereocenters. The van der Waals surface area contributed by atoms with Crippen molar-refractivity contribution in [3.05, 3.63) is 70.2 Å². The summed E-state index contributed by atoms with van der Waals surface area (Å²) in [5.41, 5.74) is 5.28. The summed E-state index contributed by atoms with van der Waals surface area (Å²) in [6.07, 6.45) is 5.46. The highest BCUT2D eigenvalue weighted by atomic mass is 35.5. The third kappa shape index (κ3) is 3.19. The number of aromatic nitrogens is 6. The molecular formula is C20H14ClFN8O2. The van der Waals surface area contributed by atoms with Crippen molar-refractivity contribution in [1.29, 1.82) is 0 Å². The van der Waals surface area contributed by atoms with Crippen molar-refractivity contribution >= 4 is 45.2 Å². The van der Waals surface area contributed by atoms with Crippen LogP contribution in [0.3, 0.4) is 0 Å². The zero-order valence-corrected chi connectivity index (χ0v) is 17.2. The van der Waals surface area contributed by atoms with Crippen LogP contribution in [0.5, 0.6) is 0 Å². The standard InChI is InChI=1S/C20H14ClFN8O2/c1-9(28-17-10-4-5-32-19(10)27-8-26-17)18-29-16-12(22)3-2-11(21)15(16)20(31)30(18)14-7-24-13(23)6-25-14/h2-9H,1H3,(H2,23,24)(H,26,27,28). The van der Waals surface area contributed by atoms with Gasteiger partial charge in [0, 0.05) is 0 Å². The lowest BCUT2D eigenvalue weighted by Crippen LogP contribution is -2.28. The van der Waals surface area contributed by atoms with E-state index < -0.39 is 17.4 Å². The number of rotatable bonds is 4. The van der Waals surface area contributed by atoms with Crippen LogP contribution >= 0.6 is 11.6 Å². The Morgan fingerprint density at radius 3 is 2.81 bits per heavy atom. The van der Waals surface area contributed by atoms with Gasteiger partial charge < -0.3 is 15.5 Å². The van der Waals surface area contributed by atoms with E-state index in [4.69, 9.17) is 21.8 Å². The van der Waals surface area contributed by atoms with Crippen LogP contribution in [-0.2, 0) is 0 Å². The first-order valence-electron chi connectivity index (χ1n) is 9.37. The van der Waals surface area contributed by atoms with Gasteiger partial charge in [-0.3, -0.25) is 4.79 Å². The molecule has 32 heavy (non-hydrogen) atoms. The summed E-state index contributed by atoms with van der Waals surface area (Å²) in [6, 6.07) is 3.54. The van der Waals surface area contributed by atoms with Crippen molar-refractivity contribution < 1.29 is 8.81 Å². The lowest BCUT2D eigenvalue weighted by molar-refractivity contribution is 0.602. The van der Waals surface area contributed by atoms with Crippen LogP contribution in [0.2, 0.25) is 5.02 Å². The second-order valence-electron chi connectivity index (χ2n) is 6.89. The maximum Gasteiger partial charge on any atom is 0.268 e. The molecule has 0 bridgehead atoms. The zero-order valence-electron chi connectivity index (χ0n) is 16.5. The summed E-state index contributed by atoms with van der Waals surface area (Å²) in [4.78, 5) is 34.4. The highest BCUT2D eigenvalue weighted by Gasteiger charge is 2.23. The molecule has 3 N–H and O–H groups in total. The number of fused-ring (bicyclic) bond motifs is 2. The topological polar surface area (TPSA) is 138 Å². The molecule has 4 aromatic heterocycles. The largest absolute Gasteiger partial charge is 0.446 e. The average molecular weight is 453 g/mol. The van der Waals surface area contributed by atoms with E-state index in [2.05, 4.69) is 30.2 Å². The molecule has 0 aliphatic heterocycles. The van der Waals surface area contributed by atoms with Crippen LogP contribution in [0.15, 0.2) is 52.4 Å². The molecule has 160 valence electrons. The van der Waals surface area contributed by atoms with E-state index in [0.29, 0.717) is 16.9 Å². The van der Waals surface area contributed by atoms with E-state index in [0.717, 1.165) is 6.07 Å². The van der Waals surface area contributed by atoms with Crippen molar-refractivity contribution in [2.75, 3.05) is 11.1 Å². The summed E-state index contributed by atoms with van der Waals surface area (Å²) >= 11 is 6.21. The monoisotopic (exact) mass is 452 g/mol. The van der Waals surface area contributed by atoms with Crippen molar-refractivity contribution in [3.63, 3.8) is 0 Å². The SMILES string of the molecule is CC(Nc1ncnc2occc12)c1nc2c(F)ccc(Cl)c2c(=O)n1-c1cnc(N)cn1. The van der Waals surface area contributed by atoms with Crippen molar-refractivity contribution in [2.24, 2.45) is 0 Å². The molecule has 0 aliphatic carbocycles. The van der Waals surface area contributed by atoms with Crippen LogP contribution in [0.4, 0.5) is 16.0 Å². The third-order valence-electron chi connectivity index (χ3n) is 4.84. The Hall–Kier alpha value is -4.12. The van der Waals surface area contributed by atoms with Crippen molar-refractivity contribution in [3.8, 4) is 5.82 Å². The maximum absolute atomic E-state index is 14.6. The number of halogens is 2. The summed E-state index contributed by atoms with van der Waals surface area (Å²) in [7, 11) is 0. The van der Waals surface area contributed by atoms with E-state index in [1.165, 1.54) is 35.6 Å². The normalized spacial score (nSPS) is 12.3. The minimum Gasteiger partial charge on any atom is -0.446 e. The highest BCUT2D eigenvalue weighted by Crippen LogP contribution is 2.27. The Morgan fingerprint density at radius 1 is 1.19 bits per heavy atom. The summed E-state index contributed by atoms with van der Waals surface area (Å²) in [5, 5.41) is 3.81. The number of nitrogens with one attached hydrogen (secondary N) is 1. The first kappa shape index (κ1) is 19.8. The second-order valence-corrected chi connectivity index (χ2v) is 7.30. The number of hydrogen-bond acceptors (Lipinski definition) is 9. The molecule has 0 saturated heterocycles. The van der Waals surface area contributed by atoms with Gasteiger partial charge in [-0.1, -0.05) is 11.6 Å². The van der Waals surface area contributed by atoms with Crippen LogP contribution in [-0.4, -0.2) is 29.5 Å². The first-order chi connectivity index (χ1) is 15.4. The molecule has 5 aromatic rings. The molecular weight excluding hydrogens is 439 g/mol. The zero-order chi connectivity index (χ0) is 22.4. The van der Waals surface area contributed by atoms with Crippen LogP contribution in [0.1, 0.15) is 18.8 Å². The van der Waals surface area contributed by atoms with E-state index >= 15 is 0 Å². The Bertz CT molecular complexity index is 1530. The molecule has 0 saturated carbocycles. The minimum atomic E-state index is -0.676. The van der Waals surface area contributed by atoms with Gasteiger partial charge in [-0.15, -0.1) is 0 Å². The van der Waals surface area contributed by atoms with Gasteiger partial charge in [0.05, 0.1) is 40.5 Å². The van der Waals surface area contributed by atoms with Crippen molar-refractivity contribution in [1.82, 2.24) is 29.5 Å². The van der Waals surface area contributed by atoms with Crippen LogP contribution < -0.4 is 16.6 Å². The molecule has 0 fully saturated rings. The molecule has 4 heterocycles. The number of benzene rings is 1.